The summed E-state index contributed by atoms with van der Waals surface area (Å²) in [6.45, 7) is 4.11. The molecule has 2 nitrogen and oxygen atoms in total. The quantitative estimate of drug-likeness (QED) is 0.837. The number of rotatable bonds is 6. The molecule has 0 aliphatic carbocycles. The summed E-state index contributed by atoms with van der Waals surface area (Å²) in [5.41, 5.74) is 8.86. The van der Waals surface area contributed by atoms with Crippen molar-refractivity contribution in [1.82, 2.24) is 4.90 Å². The van der Waals surface area contributed by atoms with Crippen molar-refractivity contribution in [3.63, 3.8) is 0 Å². The number of benzene rings is 1. The topological polar surface area (TPSA) is 29.3 Å². The molecule has 1 atom stereocenters. The second kappa shape index (κ2) is 7.36. The van der Waals surface area contributed by atoms with E-state index in [9.17, 15) is 0 Å². The van der Waals surface area contributed by atoms with Crippen molar-refractivity contribution in [3.05, 3.63) is 56.2 Å². The molecule has 2 N–H and O–H groups in total. The standard InChI is InChI=1S/C16H21BrN2S/c1-12-5-3-4-6-15(12)16(18)7-8-19(2)10-14-9-13(17)11-20-14/h3-6,9,11,16H,7-8,10,18H2,1-2H3. The van der Waals surface area contributed by atoms with Crippen molar-refractivity contribution in [3.8, 4) is 0 Å². The Hall–Kier alpha value is -0.680. The molecule has 0 saturated carbocycles. The second-order valence-corrected chi connectivity index (χ2v) is 7.13. The molecule has 1 heterocycles. The minimum atomic E-state index is 0.119. The highest BCUT2D eigenvalue weighted by molar-refractivity contribution is 9.10. The van der Waals surface area contributed by atoms with Gasteiger partial charge in [-0.3, -0.25) is 0 Å². The largest absolute Gasteiger partial charge is 0.324 e. The van der Waals surface area contributed by atoms with Gasteiger partial charge in [0, 0.05) is 33.9 Å². The predicted molar refractivity (Wildman–Crippen MR) is 91.1 cm³/mol. The summed E-state index contributed by atoms with van der Waals surface area (Å²) >= 11 is 5.29. The Morgan fingerprint density at radius 3 is 2.75 bits per heavy atom. The number of thiophene rings is 1. The van der Waals surface area contributed by atoms with E-state index in [0.717, 1.165) is 19.5 Å². The second-order valence-electron chi connectivity index (χ2n) is 5.22. The van der Waals surface area contributed by atoms with E-state index >= 15 is 0 Å². The first-order valence-corrected chi connectivity index (χ1v) is 8.46. The summed E-state index contributed by atoms with van der Waals surface area (Å²) in [6, 6.07) is 10.7. The van der Waals surface area contributed by atoms with Crippen molar-refractivity contribution in [1.29, 1.82) is 0 Å². The van der Waals surface area contributed by atoms with E-state index in [2.05, 4.69) is 70.5 Å². The van der Waals surface area contributed by atoms with Gasteiger partial charge in [-0.15, -0.1) is 11.3 Å². The molecule has 1 aromatic carbocycles. The Labute approximate surface area is 133 Å². The van der Waals surface area contributed by atoms with Crippen LogP contribution in [0.15, 0.2) is 40.2 Å². The lowest BCUT2D eigenvalue weighted by atomic mass is 9.99. The molecule has 2 aromatic rings. The Kier molecular flexibility index (Phi) is 5.78. The minimum absolute atomic E-state index is 0.119. The van der Waals surface area contributed by atoms with Crippen LogP contribution < -0.4 is 5.73 Å². The van der Waals surface area contributed by atoms with Crippen LogP contribution in [0.25, 0.3) is 0 Å². The van der Waals surface area contributed by atoms with Crippen LogP contribution in [0.2, 0.25) is 0 Å². The van der Waals surface area contributed by atoms with Gasteiger partial charge in [0.05, 0.1) is 0 Å². The molecule has 0 radical (unpaired) electrons. The zero-order valence-corrected chi connectivity index (χ0v) is 14.4. The normalized spacial score (nSPS) is 12.8. The van der Waals surface area contributed by atoms with Gasteiger partial charge in [-0.25, -0.2) is 0 Å². The van der Waals surface area contributed by atoms with Crippen LogP contribution >= 0.6 is 27.3 Å². The summed E-state index contributed by atoms with van der Waals surface area (Å²) in [7, 11) is 2.15. The Bertz CT molecular complexity index is 553. The molecule has 20 heavy (non-hydrogen) atoms. The highest BCUT2D eigenvalue weighted by Crippen LogP contribution is 2.22. The van der Waals surface area contributed by atoms with Crippen LogP contribution in [0, 0.1) is 6.92 Å². The fraction of sp³-hybridized carbons (Fsp3) is 0.375. The Morgan fingerprint density at radius 2 is 2.10 bits per heavy atom. The van der Waals surface area contributed by atoms with Gasteiger partial charge in [0.25, 0.3) is 0 Å². The minimum Gasteiger partial charge on any atom is -0.324 e. The molecule has 1 aromatic heterocycles. The predicted octanol–water partition coefficient (Wildman–Crippen LogP) is 4.34. The first kappa shape index (κ1) is 15.7. The summed E-state index contributed by atoms with van der Waals surface area (Å²) in [5.74, 6) is 0. The van der Waals surface area contributed by atoms with Crippen LogP contribution in [0.5, 0.6) is 0 Å². The third-order valence-corrected chi connectivity index (χ3v) is 5.14. The fourth-order valence-corrected chi connectivity index (χ4v) is 3.83. The van der Waals surface area contributed by atoms with Crippen LogP contribution in [0.1, 0.15) is 28.5 Å². The molecular formula is C16H21BrN2S. The van der Waals surface area contributed by atoms with Gasteiger partial charge < -0.3 is 10.6 Å². The maximum Gasteiger partial charge on any atom is 0.0325 e. The summed E-state index contributed by atoms with van der Waals surface area (Å²) in [6.07, 6.45) is 0.980. The molecule has 4 heteroatoms. The summed E-state index contributed by atoms with van der Waals surface area (Å²) < 4.78 is 1.17. The van der Waals surface area contributed by atoms with E-state index in [-0.39, 0.29) is 6.04 Å². The van der Waals surface area contributed by atoms with E-state index in [4.69, 9.17) is 5.73 Å². The molecule has 108 valence electrons. The van der Waals surface area contributed by atoms with E-state index in [1.165, 1.54) is 20.5 Å². The lowest BCUT2D eigenvalue weighted by Crippen LogP contribution is -2.23. The van der Waals surface area contributed by atoms with E-state index in [0.29, 0.717) is 0 Å². The van der Waals surface area contributed by atoms with Gasteiger partial charge in [0.2, 0.25) is 0 Å². The molecular weight excluding hydrogens is 332 g/mol. The Morgan fingerprint density at radius 1 is 1.35 bits per heavy atom. The number of halogens is 1. The average molecular weight is 353 g/mol. The number of nitrogens with two attached hydrogens (primary N) is 1. The summed E-state index contributed by atoms with van der Waals surface area (Å²) in [4.78, 5) is 3.71. The maximum absolute atomic E-state index is 6.31. The van der Waals surface area contributed by atoms with E-state index < -0.39 is 0 Å². The van der Waals surface area contributed by atoms with Gasteiger partial charge in [0.15, 0.2) is 0 Å². The molecule has 0 aliphatic heterocycles. The Balaban J connectivity index is 1.84. The van der Waals surface area contributed by atoms with Crippen molar-refractivity contribution < 1.29 is 0 Å². The summed E-state index contributed by atoms with van der Waals surface area (Å²) in [5, 5.41) is 2.13. The number of hydrogen-bond donors (Lipinski definition) is 1. The monoisotopic (exact) mass is 352 g/mol. The smallest absolute Gasteiger partial charge is 0.0325 e. The molecule has 0 spiro atoms. The third-order valence-electron chi connectivity index (χ3n) is 3.46. The van der Waals surface area contributed by atoms with Gasteiger partial charge in [-0.05, 0) is 53.5 Å². The molecule has 2 rings (SSSR count). The van der Waals surface area contributed by atoms with Crippen LogP contribution in [-0.2, 0) is 6.54 Å². The van der Waals surface area contributed by atoms with Gasteiger partial charge in [-0.2, -0.15) is 0 Å². The van der Waals surface area contributed by atoms with Gasteiger partial charge >= 0.3 is 0 Å². The SMILES string of the molecule is Cc1ccccc1C(N)CCN(C)Cc1cc(Br)cs1. The molecule has 0 saturated heterocycles. The molecule has 0 fully saturated rings. The van der Waals surface area contributed by atoms with Crippen LogP contribution in [0.3, 0.4) is 0 Å². The molecule has 0 bridgehead atoms. The highest BCUT2D eigenvalue weighted by atomic mass is 79.9. The van der Waals surface area contributed by atoms with Crippen LogP contribution in [-0.4, -0.2) is 18.5 Å². The number of aryl methyl sites for hydroxylation is 1. The number of hydrogen-bond acceptors (Lipinski definition) is 3. The molecule has 0 amide bonds. The fourth-order valence-electron chi connectivity index (χ4n) is 2.30. The van der Waals surface area contributed by atoms with Crippen LogP contribution in [0.4, 0.5) is 0 Å². The van der Waals surface area contributed by atoms with Crippen molar-refractivity contribution >= 4 is 27.3 Å². The average Bonchev–Trinajstić information content (AvgIpc) is 2.82. The maximum atomic E-state index is 6.31. The van der Waals surface area contributed by atoms with Gasteiger partial charge in [-0.1, -0.05) is 24.3 Å². The molecule has 0 aliphatic rings. The first-order valence-electron chi connectivity index (χ1n) is 6.79. The van der Waals surface area contributed by atoms with Gasteiger partial charge in [0.1, 0.15) is 0 Å². The molecule has 1 unspecified atom stereocenters. The lowest BCUT2D eigenvalue weighted by molar-refractivity contribution is 0.314. The highest BCUT2D eigenvalue weighted by Gasteiger charge is 2.10. The van der Waals surface area contributed by atoms with E-state index in [1.807, 2.05) is 0 Å². The van der Waals surface area contributed by atoms with Crippen molar-refractivity contribution in [2.75, 3.05) is 13.6 Å². The zero-order chi connectivity index (χ0) is 14.5. The zero-order valence-electron chi connectivity index (χ0n) is 12.0. The van der Waals surface area contributed by atoms with E-state index in [1.54, 1.807) is 11.3 Å². The lowest BCUT2D eigenvalue weighted by Gasteiger charge is -2.20. The van der Waals surface area contributed by atoms with Crippen molar-refractivity contribution in [2.45, 2.75) is 25.9 Å². The van der Waals surface area contributed by atoms with Crippen molar-refractivity contribution in [2.24, 2.45) is 5.73 Å². The number of nitrogens with zero attached hydrogens (tertiary/aromatic N) is 1. The third kappa shape index (κ3) is 4.42. The first-order chi connectivity index (χ1) is 9.56.